The molecule has 4 heteroatoms. The lowest BCUT2D eigenvalue weighted by Gasteiger charge is -2.23. The van der Waals surface area contributed by atoms with Crippen LogP contribution < -0.4 is 0 Å². The molecule has 0 aliphatic heterocycles. The second kappa shape index (κ2) is 8.27. The van der Waals surface area contributed by atoms with Crippen molar-refractivity contribution >= 4 is 9.73 Å². The molecule has 0 saturated heterocycles. The van der Waals surface area contributed by atoms with Gasteiger partial charge in [-0.15, -0.1) is 0 Å². The molecule has 0 saturated carbocycles. The zero-order valence-corrected chi connectivity index (χ0v) is 15.2. The first-order valence-corrected chi connectivity index (χ1v) is 9.67. The van der Waals surface area contributed by atoms with E-state index in [0.29, 0.717) is 4.90 Å². The molecule has 0 fully saturated rings. The van der Waals surface area contributed by atoms with Crippen molar-refractivity contribution in [2.75, 3.05) is 7.05 Å². The summed E-state index contributed by atoms with van der Waals surface area (Å²) in [6.45, 7) is 3.96. The first-order chi connectivity index (χ1) is 11.5. The zero-order chi connectivity index (χ0) is 17.6. The van der Waals surface area contributed by atoms with Gasteiger partial charge in [-0.2, -0.15) is 0 Å². The van der Waals surface area contributed by atoms with Crippen molar-refractivity contribution in [1.82, 2.24) is 0 Å². The highest BCUT2D eigenvalue weighted by Crippen LogP contribution is 2.27. The normalized spacial score (nSPS) is 16.7. The Morgan fingerprint density at radius 1 is 1.00 bits per heavy atom. The molecule has 3 atom stereocenters. The van der Waals surface area contributed by atoms with Crippen LogP contribution in [0.1, 0.15) is 25.3 Å². The molecule has 0 heterocycles. The van der Waals surface area contributed by atoms with E-state index in [1.165, 1.54) is 0 Å². The molecule has 2 aromatic rings. The molecule has 0 aliphatic carbocycles. The van der Waals surface area contributed by atoms with E-state index in [0.717, 1.165) is 5.56 Å². The van der Waals surface area contributed by atoms with Crippen molar-refractivity contribution < 1.29 is 9.32 Å². The third kappa shape index (κ3) is 4.34. The number of nitrogens with zero attached hydrogens (tertiary/aromatic N) is 1. The van der Waals surface area contributed by atoms with Gasteiger partial charge in [-0.1, -0.05) is 68.5 Å². The molecule has 0 spiro atoms. The van der Waals surface area contributed by atoms with Gasteiger partial charge in [-0.3, -0.25) is 0 Å². The quantitative estimate of drug-likeness (QED) is 0.842. The number of aliphatic hydroxyl groups excluding tert-OH is 1. The van der Waals surface area contributed by atoms with Gasteiger partial charge in [0.2, 0.25) is 0 Å². The third-order valence-corrected chi connectivity index (χ3v) is 6.07. The van der Waals surface area contributed by atoms with Gasteiger partial charge in [0.15, 0.2) is 0 Å². The first-order valence-electron chi connectivity index (χ1n) is 8.09. The Morgan fingerprint density at radius 3 is 2.04 bits per heavy atom. The van der Waals surface area contributed by atoms with Crippen LogP contribution in [-0.2, 0) is 9.73 Å². The summed E-state index contributed by atoms with van der Waals surface area (Å²) in [5, 5.41) is 12.2. The number of benzene rings is 2. The molecule has 24 heavy (non-hydrogen) atoms. The summed E-state index contributed by atoms with van der Waals surface area (Å²) in [5.74, 6) is -0.135. The van der Waals surface area contributed by atoms with Gasteiger partial charge in [0, 0.05) is 18.4 Å². The summed E-state index contributed by atoms with van der Waals surface area (Å²) in [6.07, 6.45) is 1.28. The van der Waals surface area contributed by atoms with Crippen LogP contribution in [0.3, 0.4) is 0 Å². The Hall–Kier alpha value is -1.91. The van der Waals surface area contributed by atoms with Crippen molar-refractivity contribution in [3.63, 3.8) is 0 Å². The monoisotopic (exact) mass is 343 g/mol. The fraction of sp³-hybridized carbons (Fsp3) is 0.300. The predicted molar refractivity (Wildman–Crippen MR) is 100 cm³/mol. The van der Waals surface area contributed by atoms with Crippen LogP contribution in [0.4, 0.5) is 0 Å². The lowest BCUT2D eigenvalue weighted by Crippen LogP contribution is -2.23. The molecule has 1 unspecified atom stereocenters. The SMILES string of the molecule is CN=S(=O)(/C=C\[C@@H](c1ccccc1)[C@@H](O)C(C)C)c1ccccc1. The molecule has 0 aromatic heterocycles. The highest BCUT2D eigenvalue weighted by Gasteiger charge is 2.22. The Balaban J connectivity index is 2.42. The average molecular weight is 343 g/mol. The van der Waals surface area contributed by atoms with Gasteiger partial charge in [0.05, 0.1) is 20.7 Å². The number of hydrogen-bond donors (Lipinski definition) is 1. The van der Waals surface area contributed by atoms with Crippen LogP contribution in [0.2, 0.25) is 0 Å². The third-order valence-electron chi connectivity index (χ3n) is 4.06. The zero-order valence-electron chi connectivity index (χ0n) is 14.4. The Kier molecular flexibility index (Phi) is 6.35. The Morgan fingerprint density at radius 2 is 1.54 bits per heavy atom. The van der Waals surface area contributed by atoms with Crippen LogP contribution in [0.5, 0.6) is 0 Å². The second-order valence-corrected chi connectivity index (χ2v) is 8.31. The minimum absolute atomic E-state index is 0.0891. The van der Waals surface area contributed by atoms with Crippen LogP contribution in [-0.4, -0.2) is 22.5 Å². The second-order valence-electron chi connectivity index (χ2n) is 6.06. The van der Waals surface area contributed by atoms with Gasteiger partial charge in [0.1, 0.15) is 0 Å². The minimum atomic E-state index is -2.63. The average Bonchev–Trinajstić information content (AvgIpc) is 2.63. The van der Waals surface area contributed by atoms with Crippen LogP contribution in [0, 0.1) is 5.92 Å². The topological polar surface area (TPSA) is 49.7 Å². The van der Waals surface area contributed by atoms with E-state index in [2.05, 4.69) is 4.36 Å². The van der Waals surface area contributed by atoms with E-state index in [1.54, 1.807) is 12.5 Å². The van der Waals surface area contributed by atoms with E-state index in [1.807, 2.05) is 80.6 Å². The number of aliphatic hydroxyl groups is 1. The van der Waals surface area contributed by atoms with E-state index in [4.69, 9.17) is 0 Å². The molecule has 0 bridgehead atoms. The fourth-order valence-corrected chi connectivity index (χ4v) is 3.98. The smallest absolute Gasteiger partial charge is 0.0963 e. The minimum Gasteiger partial charge on any atom is -0.392 e. The van der Waals surface area contributed by atoms with Gasteiger partial charge >= 0.3 is 0 Å². The van der Waals surface area contributed by atoms with E-state index in [9.17, 15) is 9.32 Å². The molecule has 0 amide bonds. The molecule has 1 N–H and O–H groups in total. The summed E-state index contributed by atoms with van der Waals surface area (Å²) < 4.78 is 17.3. The highest BCUT2D eigenvalue weighted by molar-refractivity contribution is 7.96. The van der Waals surface area contributed by atoms with Crippen LogP contribution in [0.25, 0.3) is 0 Å². The molecule has 0 radical (unpaired) electrons. The van der Waals surface area contributed by atoms with Gasteiger partial charge in [-0.05, 0) is 23.6 Å². The fourth-order valence-electron chi connectivity index (χ4n) is 2.56. The van der Waals surface area contributed by atoms with E-state index in [-0.39, 0.29) is 11.8 Å². The first kappa shape index (κ1) is 18.4. The van der Waals surface area contributed by atoms with Crippen molar-refractivity contribution in [1.29, 1.82) is 0 Å². The maximum atomic E-state index is 13.1. The summed E-state index contributed by atoms with van der Waals surface area (Å²) in [5.41, 5.74) is 1.00. The number of hydrogen-bond acceptors (Lipinski definition) is 3. The molecular formula is C20H25NO2S. The predicted octanol–water partition coefficient (Wildman–Crippen LogP) is 4.46. The lowest BCUT2D eigenvalue weighted by molar-refractivity contribution is 0.111. The molecule has 0 aliphatic rings. The molecule has 128 valence electrons. The van der Waals surface area contributed by atoms with E-state index >= 15 is 0 Å². The van der Waals surface area contributed by atoms with Gasteiger partial charge < -0.3 is 5.11 Å². The van der Waals surface area contributed by atoms with Crippen LogP contribution in [0.15, 0.2) is 81.4 Å². The largest absolute Gasteiger partial charge is 0.392 e. The maximum Gasteiger partial charge on any atom is 0.0963 e. The van der Waals surface area contributed by atoms with Crippen LogP contribution >= 0.6 is 0 Å². The van der Waals surface area contributed by atoms with Gasteiger partial charge in [-0.25, -0.2) is 8.57 Å². The molecule has 2 aromatic carbocycles. The Bertz CT molecular complexity index is 776. The van der Waals surface area contributed by atoms with E-state index < -0.39 is 15.8 Å². The summed E-state index contributed by atoms with van der Waals surface area (Å²) in [7, 11) is -1.07. The van der Waals surface area contributed by atoms with Crippen molar-refractivity contribution in [3.8, 4) is 0 Å². The lowest BCUT2D eigenvalue weighted by atomic mass is 9.87. The molecule has 2 rings (SSSR count). The Labute approximate surface area is 145 Å². The standard InChI is InChI=1S/C20H25NO2S/c1-16(2)20(22)19(17-10-6-4-7-11-17)14-15-24(23,21-3)18-12-8-5-9-13-18/h4-16,19-20,22H,1-3H3/b15-14-/t19-,20-,24?/m0/s1. The summed E-state index contributed by atoms with van der Waals surface area (Å²) >= 11 is 0. The molecular weight excluding hydrogens is 318 g/mol. The van der Waals surface area contributed by atoms with Crippen molar-refractivity contribution in [2.45, 2.75) is 30.8 Å². The van der Waals surface area contributed by atoms with Crippen molar-refractivity contribution in [3.05, 3.63) is 77.7 Å². The highest BCUT2D eigenvalue weighted by atomic mass is 32.2. The number of rotatable bonds is 6. The van der Waals surface area contributed by atoms with Gasteiger partial charge in [0.25, 0.3) is 0 Å². The summed E-state index contributed by atoms with van der Waals surface area (Å²) in [4.78, 5) is 0.676. The maximum absolute atomic E-state index is 13.1. The van der Waals surface area contributed by atoms with Crippen molar-refractivity contribution in [2.24, 2.45) is 10.3 Å². The molecule has 3 nitrogen and oxygen atoms in total. The summed E-state index contributed by atoms with van der Waals surface area (Å²) in [6, 6.07) is 19.0.